The van der Waals surface area contributed by atoms with Crippen molar-refractivity contribution in [2.24, 2.45) is 5.50 Å². The van der Waals surface area contributed by atoms with Crippen molar-refractivity contribution in [1.29, 1.82) is 0 Å². The Balaban J connectivity index is 2.50. The number of benzene rings is 1. The number of nitrogens with zero attached hydrogens (tertiary/aromatic N) is 1. The number of aliphatic hydroxyl groups is 1. The summed E-state index contributed by atoms with van der Waals surface area (Å²) in [7, 11) is -0.760. The molecule has 2 rings (SSSR count). The third kappa shape index (κ3) is 2.89. The van der Waals surface area contributed by atoms with Gasteiger partial charge in [0.1, 0.15) is 0 Å². The van der Waals surface area contributed by atoms with Crippen LogP contribution in [0.3, 0.4) is 0 Å². The molecular weight excluding hydrogens is 255 g/mol. The quantitative estimate of drug-likeness (QED) is 0.847. The predicted octanol–water partition coefficient (Wildman–Crippen LogP) is 2.75. The molecule has 3 N–H and O–H groups in total. The number of para-hydroxylation sites is 1. The number of aliphatic hydroxyl groups excluding tert-OH is 1. The molecule has 0 amide bonds. The van der Waals surface area contributed by atoms with Crippen LogP contribution in [0.15, 0.2) is 42.6 Å². The van der Waals surface area contributed by atoms with Gasteiger partial charge in [-0.15, -0.1) is 0 Å². The van der Waals surface area contributed by atoms with Crippen LogP contribution >= 0.6 is 8.07 Å². The van der Waals surface area contributed by atoms with E-state index in [2.05, 4.69) is 31.4 Å². The van der Waals surface area contributed by atoms with Crippen molar-refractivity contribution < 1.29 is 5.11 Å². The highest BCUT2D eigenvalue weighted by atomic mass is 31.1. The first-order valence-electron chi connectivity index (χ1n) is 6.36. The van der Waals surface area contributed by atoms with Gasteiger partial charge in [-0.1, -0.05) is 39.0 Å². The van der Waals surface area contributed by atoms with Crippen molar-refractivity contribution >= 4 is 13.5 Å². The van der Waals surface area contributed by atoms with Crippen LogP contribution in [0.2, 0.25) is 0 Å². The van der Waals surface area contributed by atoms with Crippen molar-refractivity contribution in [3.8, 4) is 5.69 Å². The molecule has 19 heavy (non-hydrogen) atoms. The van der Waals surface area contributed by atoms with E-state index in [-0.39, 0.29) is 11.8 Å². The molecule has 1 unspecified atom stereocenters. The van der Waals surface area contributed by atoms with Crippen molar-refractivity contribution in [2.75, 3.05) is 0 Å². The molecule has 0 aliphatic carbocycles. The largest absolute Gasteiger partial charge is 0.392 e. The molecule has 1 aromatic heterocycles. The monoisotopic (exact) mass is 276 g/mol. The fourth-order valence-corrected chi connectivity index (χ4v) is 3.34. The third-order valence-electron chi connectivity index (χ3n) is 3.12. The first-order valence-corrected chi connectivity index (χ1v) is 7.77. The first kappa shape index (κ1) is 14.3. The lowest BCUT2D eigenvalue weighted by Crippen LogP contribution is -2.28. The van der Waals surface area contributed by atoms with Gasteiger partial charge in [0, 0.05) is 25.0 Å². The second kappa shape index (κ2) is 5.46. The van der Waals surface area contributed by atoms with Crippen LogP contribution in [-0.4, -0.2) is 14.8 Å². The summed E-state index contributed by atoms with van der Waals surface area (Å²) in [6.45, 7) is 6.52. The average Bonchev–Trinajstić information content (AvgIpc) is 2.85. The minimum Gasteiger partial charge on any atom is -0.392 e. The van der Waals surface area contributed by atoms with E-state index in [0.29, 0.717) is 0 Å². The van der Waals surface area contributed by atoms with Gasteiger partial charge in [0.25, 0.3) is 0 Å². The second-order valence-electron chi connectivity index (χ2n) is 5.56. The highest BCUT2D eigenvalue weighted by Gasteiger charge is 2.25. The molecule has 3 nitrogen and oxygen atoms in total. The normalized spacial score (nSPS) is 13.5. The van der Waals surface area contributed by atoms with E-state index in [1.807, 2.05) is 36.5 Å². The van der Waals surface area contributed by atoms with Gasteiger partial charge in [0.15, 0.2) is 0 Å². The zero-order valence-corrected chi connectivity index (χ0v) is 12.6. The van der Waals surface area contributed by atoms with Crippen molar-refractivity contribution in [3.05, 3.63) is 48.2 Å². The first-order chi connectivity index (χ1) is 8.95. The van der Waals surface area contributed by atoms with E-state index < -0.39 is 8.07 Å². The molecule has 0 aliphatic heterocycles. The van der Waals surface area contributed by atoms with E-state index >= 15 is 0 Å². The summed E-state index contributed by atoms with van der Waals surface area (Å²) in [6.07, 6.45) is 2.01. The average molecular weight is 276 g/mol. The molecule has 0 aliphatic rings. The van der Waals surface area contributed by atoms with Gasteiger partial charge in [-0.2, -0.15) is 0 Å². The summed E-state index contributed by atoms with van der Waals surface area (Å²) in [5.41, 5.74) is 9.48. The van der Waals surface area contributed by atoms with Crippen LogP contribution in [0.25, 0.3) is 5.69 Å². The zero-order valence-electron chi connectivity index (χ0n) is 11.7. The van der Waals surface area contributed by atoms with Crippen molar-refractivity contribution in [1.82, 2.24) is 4.57 Å². The lowest BCUT2D eigenvalue weighted by atomic mass is 10.2. The second-order valence-corrected chi connectivity index (χ2v) is 8.10. The fourth-order valence-electron chi connectivity index (χ4n) is 2.00. The highest BCUT2D eigenvalue weighted by molar-refractivity contribution is 7.64. The van der Waals surface area contributed by atoms with E-state index in [1.165, 1.54) is 0 Å². The van der Waals surface area contributed by atoms with Gasteiger partial charge in [-0.25, -0.2) is 0 Å². The molecule has 1 atom stereocenters. The summed E-state index contributed by atoms with van der Waals surface area (Å²) < 4.78 is 2.10. The molecule has 0 spiro atoms. The van der Waals surface area contributed by atoms with Gasteiger partial charge >= 0.3 is 0 Å². The predicted molar refractivity (Wildman–Crippen MR) is 82.2 cm³/mol. The topological polar surface area (TPSA) is 51.2 Å². The van der Waals surface area contributed by atoms with Gasteiger partial charge < -0.3 is 15.2 Å². The van der Waals surface area contributed by atoms with Crippen molar-refractivity contribution in [2.45, 2.75) is 32.5 Å². The summed E-state index contributed by atoms with van der Waals surface area (Å²) in [6, 6.07) is 12.0. The zero-order chi connectivity index (χ0) is 14.0. The highest BCUT2D eigenvalue weighted by Crippen LogP contribution is 2.41. The number of hydrogen-bond acceptors (Lipinski definition) is 2. The maximum atomic E-state index is 9.47. The molecular formula is C15H21N2OP. The summed E-state index contributed by atoms with van der Waals surface area (Å²) in [4.78, 5) is 0. The molecule has 2 aromatic rings. The minimum absolute atomic E-state index is 0.0335. The molecule has 1 aromatic carbocycles. The van der Waals surface area contributed by atoms with E-state index in [1.54, 1.807) is 0 Å². The Kier molecular flexibility index (Phi) is 4.10. The van der Waals surface area contributed by atoms with Crippen LogP contribution in [-0.2, 0) is 6.61 Å². The van der Waals surface area contributed by atoms with E-state index in [9.17, 15) is 5.11 Å². The Morgan fingerprint density at radius 3 is 2.47 bits per heavy atom. The standard InChI is InChI=1S/C15H21N2OP/c1-15(2,3)19(16)14-9-6-10-17(14)13-8-5-4-7-12(13)11-18/h4-10,18H,11,16H2,1-3H3. The number of hydrogen-bond donors (Lipinski definition) is 2. The van der Waals surface area contributed by atoms with Gasteiger partial charge in [-0.05, 0) is 18.2 Å². The molecule has 0 radical (unpaired) electrons. The maximum Gasteiger partial charge on any atom is 0.0702 e. The summed E-state index contributed by atoms with van der Waals surface area (Å²) in [5.74, 6) is 0. The molecule has 0 saturated heterocycles. The van der Waals surface area contributed by atoms with Gasteiger partial charge in [0.2, 0.25) is 0 Å². The van der Waals surface area contributed by atoms with E-state index in [0.717, 1.165) is 16.7 Å². The number of rotatable bonds is 3. The van der Waals surface area contributed by atoms with Crippen LogP contribution in [0.5, 0.6) is 0 Å². The van der Waals surface area contributed by atoms with Crippen LogP contribution in [0.1, 0.15) is 26.3 Å². The lowest BCUT2D eigenvalue weighted by Gasteiger charge is -2.28. The lowest BCUT2D eigenvalue weighted by molar-refractivity contribution is 0.281. The van der Waals surface area contributed by atoms with E-state index in [4.69, 9.17) is 5.50 Å². The minimum atomic E-state index is -0.760. The van der Waals surface area contributed by atoms with Crippen LogP contribution < -0.4 is 10.9 Å². The molecule has 1 heterocycles. The Labute approximate surface area is 115 Å². The molecule has 4 heteroatoms. The van der Waals surface area contributed by atoms with Crippen molar-refractivity contribution in [3.63, 3.8) is 0 Å². The summed E-state index contributed by atoms with van der Waals surface area (Å²) >= 11 is 0. The van der Waals surface area contributed by atoms with Crippen LogP contribution in [0, 0.1) is 0 Å². The molecule has 0 saturated carbocycles. The smallest absolute Gasteiger partial charge is 0.0702 e. The van der Waals surface area contributed by atoms with Gasteiger partial charge in [-0.3, -0.25) is 0 Å². The fraction of sp³-hybridized carbons (Fsp3) is 0.333. The Morgan fingerprint density at radius 2 is 1.84 bits per heavy atom. The number of aromatic nitrogens is 1. The van der Waals surface area contributed by atoms with Gasteiger partial charge in [0.05, 0.1) is 17.7 Å². The Hall–Kier alpha value is -1.15. The third-order valence-corrected chi connectivity index (χ3v) is 5.42. The Bertz CT molecular complexity index is 557. The molecule has 102 valence electrons. The number of nitrogens with two attached hydrogens (primary N) is 1. The SMILES string of the molecule is CC(C)(C)P(N)c1cccn1-c1ccccc1CO. The summed E-state index contributed by atoms with van der Waals surface area (Å²) in [5, 5.41) is 9.52. The Morgan fingerprint density at radius 1 is 1.16 bits per heavy atom. The molecule has 0 fully saturated rings. The maximum absolute atomic E-state index is 9.47. The van der Waals surface area contributed by atoms with Crippen LogP contribution in [0.4, 0.5) is 0 Å². The molecule has 0 bridgehead atoms.